The lowest BCUT2D eigenvalue weighted by atomic mass is 9.55. The molecule has 2 unspecified atom stereocenters. The molecule has 0 bridgehead atoms. The van der Waals surface area contributed by atoms with Gasteiger partial charge in [-0.3, -0.25) is 0 Å². The fourth-order valence-corrected chi connectivity index (χ4v) is 7.90. The van der Waals surface area contributed by atoms with Crippen molar-refractivity contribution in [2.24, 2.45) is 11.3 Å². The number of benzene rings is 4. The molecule has 4 aromatic carbocycles. The minimum absolute atomic E-state index is 0.0517. The molecule has 1 fully saturated rings. The molecule has 0 N–H and O–H groups in total. The predicted octanol–water partition coefficient (Wildman–Crippen LogP) is 12.2. The van der Waals surface area contributed by atoms with Crippen LogP contribution >= 0.6 is 11.8 Å². The molecule has 232 valence electrons. The molecule has 2 atom stereocenters. The quantitative estimate of drug-likeness (QED) is 0.208. The normalized spacial score (nSPS) is 20.2. The Morgan fingerprint density at radius 2 is 1.07 bits per heavy atom. The lowest BCUT2D eigenvalue weighted by molar-refractivity contribution is 0.125. The second kappa shape index (κ2) is 12.3. The van der Waals surface area contributed by atoms with Crippen molar-refractivity contribution in [2.75, 3.05) is 0 Å². The SMILES string of the molecule is CC1CC(C)(C)CC(c2ccc(Oc3ccc(Sc4ccc(C(C)(C)C)cc4)cc3)cc2)(c2ccc(OC(C)(C)C)cc2)C1. The molecule has 1 aliphatic rings. The van der Waals surface area contributed by atoms with E-state index in [-0.39, 0.29) is 21.8 Å². The third-order valence-electron chi connectivity index (χ3n) is 8.63. The monoisotopic (exact) mass is 606 g/mol. The van der Waals surface area contributed by atoms with Gasteiger partial charge in [0.2, 0.25) is 0 Å². The summed E-state index contributed by atoms with van der Waals surface area (Å²) in [5.41, 5.74) is 4.23. The predicted molar refractivity (Wildman–Crippen MR) is 187 cm³/mol. The maximum absolute atomic E-state index is 6.32. The van der Waals surface area contributed by atoms with Gasteiger partial charge in [0.15, 0.2) is 0 Å². The average Bonchev–Trinajstić information content (AvgIpc) is 2.93. The van der Waals surface area contributed by atoms with Crippen LogP contribution in [0, 0.1) is 11.3 Å². The Labute approximate surface area is 270 Å². The molecule has 0 saturated heterocycles. The van der Waals surface area contributed by atoms with Crippen LogP contribution in [0.1, 0.15) is 98.3 Å². The Hall–Kier alpha value is -3.17. The highest BCUT2D eigenvalue weighted by Gasteiger charge is 2.45. The summed E-state index contributed by atoms with van der Waals surface area (Å²) in [7, 11) is 0. The van der Waals surface area contributed by atoms with E-state index in [0.29, 0.717) is 5.92 Å². The largest absolute Gasteiger partial charge is 0.488 e. The Balaban J connectivity index is 1.33. The Bertz CT molecular complexity index is 1520. The summed E-state index contributed by atoms with van der Waals surface area (Å²) in [5.74, 6) is 3.26. The summed E-state index contributed by atoms with van der Waals surface area (Å²) >= 11 is 1.78. The minimum atomic E-state index is -0.214. The van der Waals surface area contributed by atoms with Crippen LogP contribution in [0.4, 0.5) is 0 Å². The van der Waals surface area contributed by atoms with E-state index in [1.54, 1.807) is 11.8 Å². The summed E-state index contributed by atoms with van der Waals surface area (Å²) in [6.45, 7) is 20.3. The topological polar surface area (TPSA) is 18.5 Å². The second-order valence-corrected chi connectivity index (χ2v) is 16.8. The third kappa shape index (κ3) is 7.91. The van der Waals surface area contributed by atoms with Gasteiger partial charge >= 0.3 is 0 Å². The molecule has 0 amide bonds. The van der Waals surface area contributed by atoms with E-state index < -0.39 is 0 Å². The van der Waals surface area contributed by atoms with E-state index in [2.05, 4.69) is 159 Å². The van der Waals surface area contributed by atoms with E-state index in [9.17, 15) is 0 Å². The van der Waals surface area contributed by atoms with Gasteiger partial charge in [-0.2, -0.15) is 0 Å². The summed E-state index contributed by atoms with van der Waals surface area (Å²) in [6, 6.07) is 35.0. The first-order valence-corrected chi connectivity index (χ1v) is 16.9. The molecule has 1 saturated carbocycles. The Kier molecular flexibility index (Phi) is 9.02. The molecule has 0 heterocycles. The van der Waals surface area contributed by atoms with Crippen LogP contribution in [-0.4, -0.2) is 5.60 Å². The molecule has 0 aromatic heterocycles. The second-order valence-electron chi connectivity index (χ2n) is 15.6. The molecule has 3 heteroatoms. The zero-order valence-electron chi connectivity index (χ0n) is 28.2. The third-order valence-corrected chi connectivity index (χ3v) is 9.65. The zero-order chi connectivity index (χ0) is 31.8. The molecule has 4 aromatic rings. The molecule has 2 nitrogen and oxygen atoms in total. The highest BCUT2D eigenvalue weighted by atomic mass is 32.2. The maximum Gasteiger partial charge on any atom is 0.127 e. The molecule has 1 aliphatic carbocycles. The number of hydrogen-bond acceptors (Lipinski definition) is 3. The van der Waals surface area contributed by atoms with Crippen molar-refractivity contribution < 1.29 is 9.47 Å². The van der Waals surface area contributed by atoms with Crippen LogP contribution in [0.3, 0.4) is 0 Å². The van der Waals surface area contributed by atoms with Gasteiger partial charge in [0.1, 0.15) is 22.8 Å². The summed E-state index contributed by atoms with van der Waals surface area (Å²) in [5, 5.41) is 0. The first-order chi connectivity index (χ1) is 20.6. The van der Waals surface area contributed by atoms with Crippen molar-refractivity contribution in [1.29, 1.82) is 0 Å². The van der Waals surface area contributed by atoms with E-state index in [1.807, 2.05) is 0 Å². The molecule has 0 spiro atoms. The van der Waals surface area contributed by atoms with Gasteiger partial charge in [-0.15, -0.1) is 0 Å². The molecule has 0 aliphatic heterocycles. The van der Waals surface area contributed by atoms with Gasteiger partial charge in [-0.1, -0.05) is 89.7 Å². The summed E-state index contributed by atoms with van der Waals surface area (Å²) in [6.07, 6.45) is 3.49. The maximum atomic E-state index is 6.32. The lowest BCUT2D eigenvalue weighted by Gasteiger charge is -2.48. The van der Waals surface area contributed by atoms with Gasteiger partial charge in [-0.25, -0.2) is 0 Å². The summed E-state index contributed by atoms with van der Waals surface area (Å²) < 4.78 is 12.5. The van der Waals surface area contributed by atoms with E-state index in [4.69, 9.17) is 9.47 Å². The van der Waals surface area contributed by atoms with Gasteiger partial charge in [-0.05, 0) is 134 Å². The van der Waals surface area contributed by atoms with Crippen molar-refractivity contribution in [3.8, 4) is 17.2 Å². The van der Waals surface area contributed by atoms with Crippen molar-refractivity contribution in [3.05, 3.63) is 114 Å². The van der Waals surface area contributed by atoms with E-state index in [1.165, 1.54) is 32.9 Å². The number of hydrogen-bond donors (Lipinski definition) is 0. The van der Waals surface area contributed by atoms with E-state index in [0.717, 1.165) is 30.1 Å². The smallest absolute Gasteiger partial charge is 0.127 e. The fourth-order valence-electron chi connectivity index (χ4n) is 7.09. The highest BCUT2D eigenvalue weighted by Crippen LogP contribution is 2.54. The van der Waals surface area contributed by atoms with Crippen molar-refractivity contribution >= 4 is 11.8 Å². The first kappa shape index (κ1) is 32.2. The Morgan fingerprint density at radius 1 is 0.614 bits per heavy atom. The lowest BCUT2D eigenvalue weighted by Crippen LogP contribution is -2.41. The first-order valence-electron chi connectivity index (χ1n) is 16.1. The van der Waals surface area contributed by atoms with Gasteiger partial charge in [0.05, 0.1) is 0 Å². The standard InChI is InChI=1S/C41H50O2S/c1-29-26-40(8,9)28-41(27-29,32-12-18-35(19-13-32)43-39(5,6)7)31-10-16-33(17-11-31)42-34-20-24-37(25-21-34)44-36-22-14-30(15-23-36)38(2,3)4/h10-25,29H,26-28H2,1-9H3. The Morgan fingerprint density at radius 3 is 1.52 bits per heavy atom. The van der Waals surface area contributed by atoms with Crippen LogP contribution in [0.2, 0.25) is 0 Å². The van der Waals surface area contributed by atoms with Crippen molar-refractivity contribution in [3.63, 3.8) is 0 Å². The van der Waals surface area contributed by atoms with Crippen molar-refractivity contribution in [2.45, 2.75) is 108 Å². The zero-order valence-corrected chi connectivity index (χ0v) is 29.0. The number of rotatable bonds is 7. The molecule has 0 radical (unpaired) electrons. The minimum Gasteiger partial charge on any atom is -0.488 e. The van der Waals surface area contributed by atoms with E-state index >= 15 is 0 Å². The highest BCUT2D eigenvalue weighted by molar-refractivity contribution is 7.99. The van der Waals surface area contributed by atoms with Crippen LogP contribution in [0.5, 0.6) is 17.2 Å². The number of ether oxygens (including phenoxy) is 2. The van der Waals surface area contributed by atoms with Gasteiger partial charge < -0.3 is 9.47 Å². The summed E-state index contributed by atoms with van der Waals surface area (Å²) in [4.78, 5) is 2.44. The van der Waals surface area contributed by atoms with Gasteiger partial charge in [0, 0.05) is 15.2 Å². The van der Waals surface area contributed by atoms with Crippen molar-refractivity contribution in [1.82, 2.24) is 0 Å². The fraction of sp³-hybridized carbons (Fsp3) is 0.415. The van der Waals surface area contributed by atoms with Crippen LogP contribution in [-0.2, 0) is 10.8 Å². The molecule has 44 heavy (non-hydrogen) atoms. The molecular formula is C41H50O2S. The molecule has 5 rings (SSSR count). The van der Waals surface area contributed by atoms with Crippen LogP contribution in [0.15, 0.2) is 107 Å². The average molecular weight is 607 g/mol. The van der Waals surface area contributed by atoms with Gasteiger partial charge in [0.25, 0.3) is 0 Å². The van der Waals surface area contributed by atoms with Crippen LogP contribution in [0.25, 0.3) is 0 Å². The van der Waals surface area contributed by atoms with Crippen LogP contribution < -0.4 is 9.47 Å². The molecular weight excluding hydrogens is 557 g/mol.